The molecule has 0 radical (unpaired) electrons. The summed E-state index contributed by atoms with van der Waals surface area (Å²) in [6, 6.07) is 0. The third kappa shape index (κ3) is 5.76. The van der Waals surface area contributed by atoms with Gasteiger partial charge in [0.05, 0.1) is 0 Å². The lowest BCUT2D eigenvalue weighted by molar-refractivity contribution is -0.128. The summed E-state index contributed by atoms with van der Waals surface area (Å²) in [5.41, 5.74) is 6.63. The normalized spacial score (nSPS) is 12.0. The number of nitrogens with zero attached hydrogens (tertiary/aromatic N) is 1. The van der Waals surface area contributed by atoms with Crippen LogP contribution in [0.5, 0.6) is 0 Å². The number of hydrogen-bond acceptors (Lipinski definition) is 2. The van der Waals surface area contributed by atoms with Crippen molar-refractivity contribution in [1.82, 2.24) is 4.90 Å². The van der Waals surface area contributed by atoms with E-state index in [9.17, 15) is 9.59 Å². The molecule has 0 aliphatic heterocycles. The Balaban J connectivity index is 5.44. The molecule has 20 heavy (non-hydrogen) atoms. The van der Waals surface area contributed by atoms with Gasteiger partial charge in [0.1, 0.15) is 0 Å². The van der Waals surface area contributed by atoms with Crippen molar-refractivity contribution in [2.45, 2.75) is 66.2 Å². The van der Waals surface area contributed by atoms with Crippen LogP contribution in [0.15, 0.2) is 11.1 Å². The first-order chi connectivity index (χ1) is 9.53. The lowest BCUT2D eigenvalue weighted by Crippen LogP contribution is -2.35. The number of carbonyl (C=O) groups is 2. The first kappa shape index (κ1) is 18.7. The van der Waals surface area contributed by atoms with Crippen LogP contribution in [-0.2, 0) is 9.59 Å². The molecular formula is C16H30N2O2. The maximum atomic E-state index is 12.7. The maximum absolute atomic E-state index is 12.7. The lowest BCUT2D eigenvalue weighted by Gasteiger charge is -2.24. The topological polar surface area (TPSA) is 63.4 Å². The van der Waals surface area contributed by atoms with E-state index in [2.05, 4.69) is 13.8 Å². The molecule has 0 unspecified atom stereocenters. The molecule has 0 aliphatic rings. The highest BCUT2D eigenvalue weighted by atomic mass is 16.2. The quantitative estimate of drug-likeness (QED) is 0.626. The van der Waals surface area contributed by atoms with Gasteiger partial charge in [-0.25, -0.2) is 0 Å². The predicted molar refractivity (Wildman–Crippen MR) is 83.2 cm³/mol. The van der Waals surface area contributed by atoms with Crippen molar-refractivity contribution in [3.63, 3.8) is 0 Å². The van der Waals surface area contributed by atoms with E-state index in [1.807, 2.05) is 18.7 Å². The molecule has 0 atom stereocenters. The molecule has 0 heterocycles. The molecule has 0 spiro atoms. The average Bonchev–Trinajstić information content (AvgIpc) is 2.41. The highest BCUT2D eigenvalue weighted by molar-refractivity contribution is 6.04. The number of carbonyl (C=O) groups excluding carboxylic acids is 2. The van der Waals surface area contributed by atoms with E-state index < -0.39 is 5.91 Å². The molecule has 0 aliphatic carbocycles. The largest absolute Gasteiger partial charge is 0.366 e. The Hall–Kier alpha value is -1.32. The van der Waals surface area contributed by atoms with Crippen molar-refractivity contribution in [2.24, 2.45) is 5.73 Å². The first-order valence-corrected chi connectivity index (χ1v) is 7.84. The van der Waals surface area contributed by atoms with Crippen LogP contribution in [0, 0.1) is 0 Å². The summed E-state index contributed by atoms with van der Waals surface area (Å²) >= 11 is 0. The summed E-state index contributed by atoms with van der Waals surface area (Å²) in [5, 5.41) is 0. The van der Waals surface area contributed by atoms with Gasteiger partial charge in [-0.1, -0.05) is 40.5 Å². The Kier molecular flexibility index (Phi) is 9.77. The molecule has 0 rings (SSSR count). The zero-order valence-corrected chi connectivity index (χ0v) is 13.5. The fourth-order valence-electron chi connectivity index (χ4n) is 2.36. The molecule has 0 saturated heterocycles. The molecule has 4 heteroatoms. The van der Waals surface area contributed by atoms with Gasteiger partial charge in [0, 0.05) is 24.2 Å². The SMILES string of the molecule is CCCC(C(N)=O)=C(CCC)C(=O)N(CCC)CCC. The summed E-state index contributed by atoms with van der Waals surface area (Å²) in [6.07, 6.45) is 4.72. The van der Waals surface area contributed by atoms with E-state index in [-0.39, 0.29) is 5.91 Å². The number of rotatable bonds is 10. The van der Waals surface area contributed by atoms with E-state index in [1.54, 1.807) is 0 Å². The van der Waals surface area contributed by atoms with Crippen LogP contribution in [0.2, 0.25) is 0 Å². The van der Waals surface area contributed by atoms with Gasteiger partial charge < -0.3 is 10.6 Å². The molecule has 0 aromatic rings. The van der Waals surface area contributed by atoms with E-state index in [0.717, 1.165) is 38.8 Å². The second-order valence-electron chi connectivity index (χ2n) is 5.11. The standard InChI is InChI=1S/C16H30N2O2/c1-5-9-13(15(17)19)14(10-6-2)16(20)18(11-7-3)12-8-4/h5-12H2,1-4H3,(H2,17,19). The van der Waals surface area contributed by atoms with Gasteiger partial charge >= 0.3 is 0 Å². The van der Waals surface area contributed by atoms with Crippen LogP contribution >= 0.6 is 0 Å². The predicted octanol–water partition coefficient (Wildman–Crippen LogP) is 3.02. The molecule has 0 aromatic heterocycles. The summed E-state index contributed by atoms with van der Waals surface area (Å²) in [7, 11) is 0. The van der Waals surface area contributed by atoms with Crippen LogP contribution in [0.4, 0.5) is 0 Å². The van der Waals surface area contributed by atoms with Gasteiger partial charge in [-0.2, -0.15) is 0 Å². The molecule has 2 amide bonds. The van der Waals surface area contributed by atoms with E-state index in [1.165, 1.54) is 0 Å². The summed E-state index contributed by atoms with van der Waals surface area (Å²) in [6.45, 7) is 9.59. The van der Waals surface area contributed by atoms with Crippen LogP contribution in [-0.4, -0.2) is 29.8 Å². The summed E-state index contributed by atoms with van der Waals surface area (Å²) in [5.74, 6) is -0.450. The molecule has 0 aromatic carbocycles. The van der Waals surface area contributed by atoms with Crippen molar-refractivity contribution in [1.29, 1.82) is 0 Å². The molecule has 2 N–H and O–H groups in total. The highest BCUT2D eigenvalue weighted by Crippen LogP contribution is 2.19. The zero-order chi connectivity index (χ0) is 15.5. The third-order valence-corrected chi connectivity index (χ3v) is 3.19. The van der Waals surface area contributed by atoms with Crippen molar-refractivity contribution in [3.8, 4) is 0 Å². The van der Waals surface area contributed by atoms with Crippen molar-refractivity contribution in [3.05, 3.63) is 11.1 Å². The van der Waals surface area contributed by atoms with Crippen LogP contribution in [0.3, 0.4) is 0 Å². The number of hydrogen-bond donors (Lipinski definition) is 1. The lowest BCUT2D eigenvalue weighted by atomic mass is 9.97. The average molecular weight is 282 g/mol. The fourth-order valence-corrected chi connectivity index (χ4v) is 2.36. The van der Waals surface area contributed by atoms with Gasteiger partial charge in [0.25, 0.3) is 0 Å². The Morgan fingerprint density at radius 1 is 0.800 bits per heavy atom. The smallest absolute Gasteiger partial charge is 0.250 e. The second kappa shape index (κ2) is 10.5. The molecule has 116 valence electrons. The van der Waals surface area contributed by atoms with E-state index >= 15 is 0 Å². The molecular weight excluding hydrogens is 252 g/mol. The maximum Gasteiger partial charge on any atom is 0.250 e. The minimum absolute atomic E-state index is 0.00204. The monoisotopic (exact) mass is 282 g/mol. The zero-order valence-electron chi connectivity index (χ0n) is 13.5. The van der Waals surface area contributed by atoms with Crippen LogP contribution < -0.4 is 5.73 Å². The molecule has 4 nitrogen and oxygen atoms in total. The van der Waals surface area contributed by atoms with Gasteiger partial charge in [0.2, 0.25) is 11.8 Å². The Morgan fingerprint density at radius 3 is 1.60 bits per heavy atom. The van der Waals surface area contributed by atoms with Crippen molar-refractivity contribution >= 4 is 11.8 Å². The molecule has 0 bridgehead atoms. The third-order valence-electron chi connectivity index (χ3n) is 3.19. The van der Waals surface area contributed by atoms with Crippen molar-refractivity contribution in [2.75, 3.05) is 13.1 Å². The van der Waals surface area contributed by atoms with Gasteiger partial charge in [-0.3, -0.25) is 9.59 Å². The van der Waals surface area contributed by atoms with Gasteiger partial charge in [-0.05, 0) is 25.7 Å². The minimum Gasteiger partial charge on any atom is -0.366 e. The van der Waals surface area contributed by atoms with Crippen molar-refractivity contribution < 1.29 is 9.59 Å². The fraction of sp³-hybridized carbons (Fsp3) is 0.750. The number of nitrogens with two attached hydrogens (primary N) is 1. The van der Waals surface area contributed by atoms with E-state index in [0.29, 0.717) is 24.0 Å². The molecule has 0 fully saturated rings. The first-order valence-electron chi connectivity index (χ1n) is 7.84. The summed E-state index contributed by atoms with van der Waals surface area (Å²) in [4.78, 5) is 26.2. The minimum atomic E-state index is -0.448. The van der Waals surface area contributed by atoms with Crippen LogP contribution in [0.1, 0.15) is 66.2 Å². The second-order valence-corrected chi connectivity index (χ2v) is 5.11. The van der Waals surface area contributed by atoms with Gasteiger partial charge in [0.15, 0.2) is 0 Å². The Bertz CT molecular complexity index is 342. The summed E-state index contributed by atoms with van der Waals surface area (Å²) < 4.78 is 0. The Labute approximate surface area is 123 Å². The Morgan fingerprint density at radius 2 is 1.25 bits per heavy atom. The van der Waals surface area contributed by atoms with E-state index in [4.69, 9.17) is 5.73 Å². The highest BCUT2D eigenvalue weighted by Gasteiger charge is 2.22. The number of amides is 2. The van der Waals surface area contributed by atoms with Crippen LogP contribution in [0.25, 0.3) is 0 Å². The van der Waals surface area contributed by atoms with Gasteiger partial charge in [-0.15, -0.1) is 0 Å². The molecule has 0 saturated carbocycles. The number of primary amides is 1.